The van der Waals surface area contributed by atoms with Crippen LogP contribution in [-0.4, -0.2) is 26.4 Å². The second-order valence-electron chi connectivity index (χ2n) is 5.89. The van der Waals surface area contributed by atoms with Crippen molar-refractivity contribution in [2.45, 2.75) is 5.16 Å². The second kappa shape index (κ2) is 7.79. The lowest BCUT2D eigenvalue weighted by molar-refractivity contribution is -0.133. The molecule has 2 heterocycles. The van der Waals surface area contributed by atoms with Crippen molar-refractivity contribution in [1.29, 1.82) is 0 Å². The summed E-state index contributed by atoms with van der Waals surface area (Å²) in [5, 5.41) is 12.3. The molecule has 140 valence electrons. The summed E-state index contributed by atoms with van der Waals surface area (Å²) in [6.45, 7) is 0. The average Bonchev–Trinajstić information content (AvgIpc) is 3.11. The minimum Gasteiger partial charge on any atom is -0.481 e. The van der Waals surface area contributed by atoms with Crippen LogP contribution in [0.1, 0.15) is 0 Å². The summed E-state index contributed by atoms with van der Waals surface area (Å²) in [6.07, 6.45) is 0. The van der Waals surface area contributed by atoms with Crippen molar-refractivity contribution in [3.05, 3.63) is 75.4 Å². The highest BCUT2D eigenvalue weighted by Gasteiger charge is 2.19. The minimum absolute atomic E-state index is 0.199. The van der Waals surface area contributed by atoms with Gasteiger partial charge in [-0.1, -0.05) is 59.8 Å². The fourth-order valence-electron chi connectivity index (χ4n) is 2.87. The predicted octanol–water partition coefficient (Wildman–Crippen LogP) is 4.94. The van der Waals surface area contributed by atoms with E-state index in [0.717, 1.165) is 22.9 Å². The summed E-state index contributed by atoms with van der Waals surface area (Å²) < 4.78 is 1.43. The number of thiophene rings is 1. The highest BCUT2D eigenvalue weighted by Crippen LogP contribution is 2.33. The highest BCUT2D eigenvalue weighted by molar-refractivity contribution is 7.99. The van der Waals surface area contributed by atoms with Gasteiger partial charge in [-0.25, -0.2) is 4.98 Å². The molecule has 4 aromatic rings. The Morgan fingerprint density at radius 1 is 1.18 bits per heavy atom. The number of carbonyl (C=O) groups is 1. The first kappa shape index (κ1) is 18.7. The molecule has 0 aliphatic rings. The van der Waals surface area contributed by atoms with E-state index in [9.17, 15) is 9.59 Å². The maximum Gasteiger partial charge on any atom is 0.313 e. The van der Waals surface area contributed by atoms with E-state index in [1.165, 1.54) is 15.9 Å². The van der Waals surface area contributed by atoms with Crippen LogP contribution in [0.3, 0.4) is 0 Å². The third kappa shape index (κ3) is 3.56. The molecule has 8 heteroatoms. The molecule has 1 N–H and O–H groups in total. The van der Waals surface area contributed by atoms with Crippen molar-refractivity contribution in [3.8, 4) is 16.8 Å². The van der Waals surface area contributed by atoms with Crippen LogP contribution in [0.15, 0.2) is 69.9 Å². The molecule has 0 fully saturated rings. The van der Waals surface area contributed by atoms with E-state index >= 15 is 0 Å². The smallest absolute Gasteiger partial charge is 0.313 e. The molecule has 0 spiro atoms. The fourth-order valence-corrected chi connectivity index (χ4v) is 4.77. The van der Waals surface area contributed by atoms with Gasteiger partial charge in [0.15, 0.2) is 5.16 Å². The first-order valence-corrected chi connectivity index (χ1v) is 10.5. The number of hydrogen-bond donors (Lipinski definition) is 1. The maximum atomic E-state index is 13.5. The van der Waals surface area contributed by atoms with Crippen LogP contribution in [-0.2, 0) is 4.79 Å². The van der Waals surface area contributed by atoms with Gasteiger partial charge in [0.1, 0.15) is 4.83 Å². The number of nitrogens with zero attached hydrogens (tertiary/aromatic N) is 2. The van der Waals surface area contributed by atoms with E-state index in [0.29, 0.717) is 26.1 Å². The quantitative estimate of drug-likeness (QED) is 0.360. The Hall–Kier alpha value is -2.61. The third-order valence-electron chi connectivity index (χ3n) is 4.05. The summed E-state index contributed by atoms with van der Waals surface area (Å²) >= 11 is 8.49. The predicted molar refractivity (Wildman–Crippen MR) is 114 cm³/mol. The lowest BCUT2D eigenvalue weighted by Crippen LogP contribution is -2.22. The van der Waals surface area contributed by atoms with Gasteiger partial charge in [-0.15, -0.1) is 11.3 Å². The van der Waals surface area contributed by atoms with Crippen LogP contribution in [0, 0.1) is 0 Å². The largest absolute Gasteiger partial charge is 0.481 e. The molecule has 0 aliphatic heterocycles. The van der Waals surface area contributed by atoms with E-state index < -0.39 is 5.97 Å². The highest BCUT2D eigenvalue weighted by atomic mass is 35.5. The van der Waals surface area contributed by atoms with Gasteiger partial charge < -0.3 is 5.11 Å². The zero-order valence-corrected chi connectivity index (χ0v) is 16.7. The molecular formula is C20H13ClN2O3S2. The Labute approximate surface area is 173 Å². The molecule has 0 unspecified atom stereocenters. The Kier molecular flexibility index (Phi) is 5.21. The van der Waals surface area contributed by atoms with Crippen molar-refractivity contribution < 1.29 is 9.90 Å². The summed E-state index contributed by atoms with van der Waals surface area (Å²) in [4.78, 5) is 29.7. The van der Waals surface area contributed by atoms with E-state index in [1.807, 2.05) is 35.7 Å². The number of aromatic nitrogens is 2. The van der Waals surface area contributed by atoms with Crippen LogP contribution in [0.25, 0.3) is 27.0 Å². The number of carboxylic acid groups (broad SMARTS) is 1. The zero-order valence-electron chi connectivity index (χ0n) is 14.3. The molecule has 0 radical (unpaired) electrons. The van der Waals surface area contributed by atoms with Gasteiger partial charge in [0.25, 0.3) is 5.56 Å². The first-order chi connectivity index (χ1) is 13.5. The van der Waals surface area contributed by atoms with Gasteiger partial charge >= 0.3 is 5.97 Å². The lowest BCUT2D eigenvalue weighted by atomic mass is 10.1. The minimum atomic E-state index is -0.979. The molecule has 0 amide bonds. The third-order valence-corrected chi connectivity index (χ3v) is 6.08. The summed E-state index contributed by atoms with van der Waals surface area (Å²) in [6, 6.07) is 16.5. The van der Waals surface area contributed by atoms with E-state index in [4.69, 9.17) is 16.7 Å². The Morgan fingerprint density at radius 3 is 2.68 bits per heavy atom. The number of hydrogen-bond acceptors (Lipinski definition) is 5. The molecule has 0 atom stereocenters. The molecule has 0 aliphatic carbocycles. The van der Waals surface area contributed by atoms with Crippen LogP contribution >= 0.6 is 34.7 Å². The van der Waals surface area contributed by atoms with Crippen molar-refractivity contribution >= 4 is 50.9 Å². The maximum absolute atomic E-state index is 13.5. The number of carboxylic acids is 1. The number of halogens is 1. The number of fused-ring (bicyclic) bond motifs is 1. The molecule has 5 nitrogen and oxygen atoms in total. The summed E-state index contributed by atoms with van der Waals surface area (Å²) in [5.74, 6) is -1.18. The van der Waals surface area contributed by atoms with Crippen molar-refractivity contribution in [1.82, 2.24) is 9.55 Å². The van der Waals surface area contributed by atoms with Gasteiger partial charge in [-0.05, 0) is 23.8 Å². The first-order valence-electron chi connectivity index (χ1n) is 8.25. The Bertz CT molecular complexity index is 1240. The summed E-state index contributed by atoms with van der Waals surface area (Å²) in [7, 11) is 0. The van der Waals surface area contributed by atoms with E-state index in [2.05, 4.69) is 4.98 Å². The molecule has 0 bridgehead atoms. The summed E-state index contributed by atoms with van der Waals surface area (Å²) in [5.41, 5.74) is 2.03. The average molecular weight is 429 g/mol. The van der Waals surface area contributed by atoms with Gasteiger partial charge in [0.05, 0.1) is 16.8 Å². The standard InChI is InChI=1S/C20H13ClN2O3S2/c21-13-7-4-8-14(9-13)23-19(26)17-15(12-5-2-1-3-6-12)10-27-18(17)22-20(23)28-11-16(24)25/h1-10H,11H2,(H,24,25). The molecule has 4 rings (SSSR count). The molecule has 2 aromatic carbocycles. The van der Waals surface area contributed by atoms with Gasteiger partial charge in [0.2, 0.25) is 0 Å². The van der Waals surface area contributed by atoms with Crippen molar-refractivity contribution in [2.24, 2.45) is 0 Å². The van der Waals surface area contributed by atoms with E-state index in [1.54, 1.807) is 24.3 Å². The van der Waals surface area contributed by atoms with Gasteiger partial charge in [-0.3, -0.25) is 14.2 Å². The molecular weight excluding hydrogens is 416 g/mol. The van der Waals surface area contributed by atoms with Crippen LogP contribution in [0.5, 0.6) is 0 Å². The number of aliphatic carboxylic acids is 1. The molecule has 28 heavy (non-hydrogen) atoms. The Balaban J connectivity index is 2.00. The van der Waals surface area contributed by atoms with E-state index in [-0.39, 0.29) is 11.3 Å². The van der Waals surface area contributed by atoms with Crippen molar-refractivity contribution in [2.75, 3.05) is 5.75 Å². The zero-order chi connectivity index (χ0) is 19.7. The van der Waals surface area contributed by atoms with Gasteiger partial charge in [-0.2, -0.15) is 0 Å². The molecule has 0 saturated carbocycles. The van der Waals surface area contributed by atoms with Gasteiger partial charge in [0, 0.05) is 16.0 Å². The van der Waals surface area contributed by atoms with Crippen molar-refractivity contribution in [3.63, 3.8) is 0 Å². The SMILES string of the molecule is O=C(O)CSc1nc2scc(-c3ccccc3)c2c(=O)n1-c1cccc(Cl)c1. The lowest BCUT2D eigenvalue weighted by Gasteiger charge is -2.12. The van der Waals surface area contributed by atoms with Crippen LogP contribution < -0.4 is 5.56 Å². The monoisotopic (exact) mass is 428 g/mol. The molecule has 2 aromatic heterocycles. The number of thioether (sulfide) groups is 1. The van der Waals surface area contributed by atoms with Crippen LogP contribution in [0.2, 0.25) is 5.02 Å². The fraction of sp³-hybridized carbons (Fsp3) is 0.0500. The normalized spacial score (nSPS) is 11.0. The Morgan fingerprint density at radius 2 is 1.96 bits per heavy atom. The number of benzene rings is 2. The molecule has 0 saturated heterocycles. The van der Waals surface area contributed by atoms with Crippen LogP contribution in [0.4, 0.5) is 0 Å². The topological polar surface area (TPSA) is 72.2 Å². The second-order valence-corrected chi connectivity index (χ2v) is 8.13. The number of rotatable bonds is 5.